The summed E-state index contributed by atoms with van der Waals surface area (Å²) in [4.78, 5) is 14.4. The van der Waals surface area contributed by atoms with Gasteiger partial charge in [0, 0.05) is 13.1 Å². The largest absolute Gasteiger partial charge is 0.467 e. The standard InChI is InChI=1S/C12H19ClN4O/c1-8(2)9-4-6-17(7-5-9)11-14-10(13)15-12(16-11)18-3/h8-9H,4-7H2,1-3H3. The molecule has 0 amide bonds. The molecule has 2 heterocycles. The van der Waals surface area contributed by atoms with Crippen LogP contribution in [0.3, 0.4) is 0 Å². The lowest BCUT2D eigenvalue weighted by Gasteiger charge is -2.33. The van der Waals surface area contributed by atoms with E-state index in [-0.39, 0.29) is 11.3 Å². The number of piperidine rings is 1. The Morgan fingerprint density at radius 2 is 1.89 bits per heavy atom. The van der Waals surface area contributed by atoms with E-state index in [9.17, 15) is 0 Å². The first-order valence-electron chi connectivity index (χ1n) is 6.30. The maximum Gasteiger partial charge on any atom is 0.322 e. The molecule has 0 radical (unpaired) electrons. The smallest absolute Gasteiger partial charge is 0.322 e. The Morgan fingerprint density at radius 3 is 2.44 bits per heavy atom. The first kappa shape index (κ1) is 13.3. The van der Waals surface area contributed by atoms with Crippen molar-refractivity contribution >= 4 is 17.5 Å². The SMILES string of the molecule is COc1nc(Cl)nc(N2CCC(C(C)C)CC2)n1. The van der Waals surface area contributed by atoms with Crippen LogP contribution in [0.25, 0.3) is 0 Å². The molecule has 5 nitrogen and oxygen atoms in total. The molecule has 1 aromatic rings. The summed E-state index contributed by atoms with van der Waals surface area (Å²) < 4.78 is 5.01. The van der Waals surface area contributed by atoms with Crippen molar-refractivity contribution in [2.45, 2.75) is 26.7 Å². The van der Waals surface area contributed by atoms with Crippen molar-refractivity contribution in [1.82, 2.24) is 15.0 Å². The molecular formula is C12H19ClN4O. The molecule has 1 fully saturated rings. The second-order valence-corrected chi connectivity index (χ2v) is 5.30. The number of hydrogen-bond donors (Lipinski definition) is 0. The highest BCUT2D eigenvalue weighted by atomic mass is 35.5. The lowest BCUT2D eigenvalue weighted by Crippen LogP contribution is -2.36. The van der Waals surface area contributed by atoms with Crippen LogP contribution >= 0.6 is 11.6 Å². The first-order chi connectivity index (χ1) is 8.60. The fraction of sp³-hybridized carbons (Fsp3) is 0.750. The van der Waals surface area contributed by atoms with Gasteiger partial charge in [-0.1, -0.05) is 13.8 Å². The Hall–Kier alpha value is -1.10. The van der Waals surface area contributed by atoms with Crippen LogP contribution in [0.2, 0.25) is 5.28 Å². The summed E-state index contributed by atoms with van der Waals surface area (Å²) in [5.74, 6) is 2.15. The Kier molecular flexibility index (Phi) is 4.22. The van der Waals surface area contributed by atoms with Gasteiger partial charge in [-0.2, -0.15) is 15.0 Å². The van der Waals surface area contributed by atoms with Gasteiger partial charge in [0.2, 0.25) is 11.2 Å². The van der Waals surface area contributed by atoms with E-state index >= 15 is 0 Å². The molecule has 0 spiro atoms. The molecule has 2 rings (SSSR count). The number of nitrogens with zero attached hydrogens (tertiary/aromatic N) is 4. The maximum atomic E-state index is 5.86. The zero-order chi connectivity index (χ0) is 13.1. The number of methoxy groups -OCH3 is 1. The highest BCUT2D eigenvalue weighted by Gasteiger charge is 2.23. The lowest BCUT2D eigenvalue weighted by atomic mass is 9.87. The maximum absolute atomic E-state index is 5.86. The normalized spacial score (nSPS) is 17.3. The van der Waals surface area contributed by atoms with Gasteiger partial charge in [-0.3, -0.25) is 0 Å². The second-order valence-electron chi connectivity index (χ2n) is 4.96. The number of halogens is 1. The van der Waals surface area contributed by atoms with Crippen LogP contribution in [0.15, 0.2) is 0 Å². The summed E-state index contributed by atoms with van der Waals surface area (Å²) in [6.45, 7) is 6.49. The van der Waals surface area contributed by atoms with E-state index in [1.807, 2.05) is 0 Å². The van der Waals surface area contributed by atoms with Crippen LogP contribution in [0.5, 0.6) is 6.01 Å². The van der Waals surface area contributed by atoms with Crippen LogP contribution < -0.4 is 9.64 Å². The average molecular weight is 271 g/mol. The Labute approximate surface area is 113 Å². The first-order valence-corrected chi connectivity index (χ1v) is 6.68. The van der Waals surface area contributed by atoms with Crippen LogP contribution in [0, 0.1) is 11.8 Å². The van der Waals surface area contributed by atoms with E-state index in [1.54, 1.807) is 0 Å². The summed E-state index contributed by atoms with van der Waals surface area (Å²) in [6.07, 6.45) is 2.34. The van der Waals surface area contributed by atoms with Crippen molar-refractivity contribution in [3.05, 3.63) is 5.28 Å². The summed E-state index contributed by atoms with van der Waals surface area (Å²) in [6, 6.07) is 0.274. The Balaban J connectivity index is 2.07. The highest BCUT2D eigenvalue weighted by molar-refractivity contribution is 6.28. The van der Waals surface area contributed by atoms with Crippen LogP contribution in [-0.4, -0.2) is 35.2 Å². The molecule has 0 unspecified atom stereocenters. The number of anilines is 1. The van der Waals surface area contributed by atoms with Crippen molar-refractivity contribution in [3.8, 4) is 6.01 Å². The molecule has 1 aromatic heterocycles. The van der Waals surface area contributed by atoms with Gasteiger partial charge in [0.25, 0.3) is 0 Å². The van der Waals surface area contributed by atoms with Gasteiger partial charge < -0.3 is 9.64 Å². The van der Waals surface area contributed by atoms with Crippen LogP contribution in [0.4, 0.5) is 5.95 Å². The fourth-order valence-corrected chi connectivity index (χ4v) is 2.47. The summed E-state index contributed by atoms with van der Waals surface area (Å²) in [5.41, 5.74) is 0. The number of rotatable bonds is 3. The van der Waals surface area contributed by atoms with E-state index < -0.39 is 0 Å². The third kappa shape index (κ3) is 3.02. The number of aromatic nitrogens is 3. The zero-order valence-corrected chi connectivity index (χ0v) is 11.8. The third-order valence-corrected chi connectivity index (χ3v) is 3.69. The topological polar surface area (TPSA) is 51.1 Å². The number of ether oxygens (including phenoxy) is 1. The van der Waals surface area contributed by atoms with Gasteiger partial charge in [0.1, 0.15) is 0 Å². The molecule has 18 heavy (non-hydrogen) atoms. The van der Waals surface area contributed by atoms with Crippen LogP contribution in [-0.2, 0) is 0 Å². The molecule has 0 aromatic carbocycles. The van der Waals surface area contributed by atoms with Gasteiger partial charge in [0.15, 0.2) is 0 Å². The van der Waals surface area contributed by atoms with Gasteiger partial charge in [0.05, 0.1) is 7.11 Å². The van der Waals surface area contributed by atoms with E-state index in [1.165, 1.54) is 20.0 Å². The van der Waals surface area contributed by atoms with Crippen molar-refractivity contribution in [2.24, 2.45) is 11.8 Å². The molecule has 0 saturated carbocycles. The van der Waals surface area contributed by atoms with E-state index in [2.05, 4.69) is 33.7 Å². The van der Waals surface area contributed by atoms with Crippen molar-refractivity contribution in [1.29, 1.82) is 0 Å². The van der Waals surface area contributed by atoms with Crippen LogP contribution in [0.1, 0.15) is 26.7 Å². The minimum Gasteiger partial charge on any atom is -0.467 e. The monoisotopic (exact) mass is 270 g/mol. The molecule has 1 aliphatic rings. The third-order valence-electron chi connectivity index (χ3n) is 3.52. The van der Waals surface area contributed by atoms with Crippen molar-refractivity contribution in [3.63, 3.8) is 0 Å². The number of hydrogen-bond acceptors (Lipinski definition) is 5. The highest BCUT2D eigenvalue weighted by Crippen LogP contribution is 2.27. The molecule has 0 atom stereocenters. The van der Waals surface area contributed by atoms with Gasteiger partial charge in [-0.25, -0.2) is 0 Å². The van der Waals surface area contributed by atoms with E-state index in [4.69, 9.17) is 16.3 Å². The van der Waals surface area contributed by atoms with E-state index in [0.29, 0.717) is 5.95 Å². The predicted octanol–water partition coefficient (Wildman–Crippen LogP) is 2.41. The van der Waals surface area contributed by atoms with Gasteiger partial charge >= 0.3 is 6.01 Å². The average Bonchev–Trinajstić information content (AvgIpc) is 2.38. The quantitative estimate of drug-likeness (QED) is 0.844. The molecule has 0 bridgehead atoms. The zero-order valence-electron chi connectivity index (χ0n) is 11.1. The summed E-state index contributed by atoms with van der Waals surface area (Å²) >= 11 is 5.86. The molecule has 1 saturated heterocycles. The van der Waals surface area contributed by atoms with Gasteiger partial charge in [-0.15, -0.1) is 0 Å². The summed E-state index contributed by atoms with van der Waals surface area (Å²) in [5, 5.41) is 0.183. The minimum absolute atomic E-state index is 0.183. The van der Waals surface area contributed by atoms with Crippen molar-refractivity contribution < 1.29 is 4.74 Å². The Bertz CT molecular complexity index is 405. The lowest BCUT2D eigenvalue weighted by molar-refractivity contribution is 0.309. The molecular weight excluding hydrogens is 252 g/mol. The summed E-state index contributed by atoms with van der Waals surface area (Å²) in [7, 11) is 1.53. The Morgan fingerprint density at radius 1 is 1.22 bits per heavy atom. The molecule has 100 valence electrons. The molecule has 0 N–H and O–H groups in total. The minimum atomic E-state index is 0.183. The van der Waals surface area contributed by atoms with E-state index in [0.717, 1.165) is 24.9 Å². The van der Waals surface area contributed by atoms with Gasteiger partial charge in [-0.05, 0) is 36.3 Å². The molecule has 6 heteroatoms. The second kappa shape index (κ2) is 5.69. The van der Waals surface area contributed by atoms with Crippen molar-refractivity contribution in [2.75, 3.05) is 25.1 Å². The molecule has 1 aliphatic heterocycles. The molecule has 0 aliphatic carbocycles. The predicted molar refractivity (Wildman–Crippen MR) is 71.2 cm³/mol. The fourth-order valence-electron chi connectivity index (χ4n) is 2.32.